The highest BCUT2D eigenvalue weighted by molar-refractivity contribution is 7.99. The van der Waals surface area contributed by atoms with Crippen LogP contribution in [0, 0.1) is 5.21 Å². The summed E-state index contributed by atoms with van der Waals surface area (Å²) in [5, 5.41) is 22.6. The average molecular weight is 391 g/mol. The SMILES string of the molecule is [O-][N+]1(CCO)CCN(C2Cc3ccccc3Sc3ccc(Cl)cc32)CC1. The molecule has 1 unspecified atom stereocenters. The predicted octanol–water partition coefficient (Wildman–Crippen LogP) is 3.71. The van der Waals surface area contributed by atoms with Crippen LogP contribution >= 0.6 is 23.4 Å². The van der Waals surface area contributed by atoms with Crippen molar-refractivity contribution in [2.75, 3.05) is 39.3 Å². The fourth-order valence-electron chi connectivity index (χ4n) is 3.97. The maximum Gasteiger partial charge on any atom is 0.102 e. The second kappa shape index (κ2) is 7.50. The van der Waals surface area contributed by atoms with E-state index in [4.69, 9.17) is 16.7 Å². The number of benzene rings is 2. The Hall–Kier alpha value is -1.08. The molecule has 0 bridgehead atoms. The lowest BCUT2D eigenvalue weighted by atomic mass is 9.96. The maximum absolute atomic E-state index is 12.6. The van der Waals surface area contributed by atoms with Gasteiger partial charge in [-0.15, -0.1) is 0 Å². The molecule has 0 spiro atoms. The topological polar surface area (TPSA) is 46.5 Å². The molecule has 1 fully saturated rings. The summed E-state index contributed by atoms with van der Waals surface area (Å²) in [6, 6.07) is 14.9. The zero-order chi connectivity index (χ0) is 18.1. The molecule has 2 aromatic carbocycles. The third-order valence-corrected chi connectivity index (χ3v) is 6.92. The van der Waals surface area contributed by atoms with Crippen molar-refractivity contribution in [3.8, 4) is 0 Å². The van der Waals surface area contributed by atoms with Gasteiger partial charge in [-0.2, -0.15) is 0 Å². The second-order valence-electron chi connectivity index (χ2n) is 7.10. The van der Waals surface area contributed by atoms with Crippen molar-refractivity contribution in [3.63, 3.8) is 0 Å². The van der Waals surface area contributed by atoms with Crippen molar-refractivity contribution in [3.05, 3.63) is 63.8 Å². The molecule has 2 aromatic rings. The number of aliphatic hydroxyl groups is 1. The minimum Gasteiger partial charge on any atom is -0.633 e. The minimum absolute atomic E-state index is 0.0462. The van der Waals surface area contributed by atoms with E-state index in [1.165, 1.54) is 20.9 Å². The van der Waals surface area contributed by atoms with E-state index in [0.717, 1.165) is 24.5 Å². The molecule has 0 aliphatic carbocycles. The summed E-state index contributed by atoms with van der Waals surface area (Å²) in [6.45, 7) is 2.79. The number of aliphatic hydroxyl groups excluding tert-OH is 1. The standard InChI is InChI=1S/C20H23ClN2O2S/c21-16-5-6-20-17(14-16)18(13-15-3-1-2-4-19(15)26-20)22-7-9-23(25,10-8-22)11-12-24/h1-6,14,18,24H,7-13H2. The van der Waals surface area contributed by atoms with E-state index in [-0.39, 0.29) is 17.3 Å². The molecule has 0 radical (unpaired) electrons. The zero-order valence-electron chi connectivity index (χ0n) is 14.6. The van der Waals surface area contributed by atoms with Gasteiger partial charge in [-0.25, -0.2) is 0 Å². The number of hydroxylamine groups is 3. The van der Waals surface area contributed by atoms with Gasteiger partial charge in [0.2, 0.25) is 0 Å². The number of fused-ring (bicyclic) bond motifs is 2. The molecule has 0 aromatic heterocycles. The van der Waals surface area contributed by atoms with Gasteiger partial charge in [-0.1, -0.05) is 41.6 Å². The molecule has 0 saturated carbocycles. The van der Waals surface area contributed by atoms with E-state index in [0.29, 0.717) is 19.6 Å². The van der Waals surface area contributed by atoms with Gasteiger partial charge < -0.3 is 15.0 Å². The van der Waals surface area contributed by atoms with Gasteiger partial charge >= 0.3 is 0 Å². The van der Waals surface area contributed by atoms with Crippen molar-refractivity contribution in [1.82, 2.24) is 4.90 Å². The summed E-state index contributed by atoms with van der Waals surface area (Å²) in [5.74, 6) is 0. The fourth-order valence-corrected chi connectivity index (χ4v) is 5.27. The molecule has 2 aliphatic rings. The normalized spacial score (nSPS) is 22.3. The van der Waals surface area contributed by atoms with Crippen LogP contribution in [0.25, 0.3) is 0 Å². The number of quaternary nitrogens is 1. The highest BCUT2D eigenvalue weighted by atomic mass is 35.5. The Kier molecular flexibility index (Phi) is 5.28. The van der Waals surface area contributed by atoms with Gasteiger partial charge in [0.05, 0.1) is 19.7 Å². The van der Waals surface area contributed by atoms with Crippen LogP contribution in [0.15, 0.2) is 52.3 Å². The molecule has 138 valence electrons. The Morgan fingerprint density at radius 1 is 1.15 bits per heavy atom. The van der Waals surface area contributed by atoms with Crippen molar-refractivity contribution in [1.29, 1.82) is 0 Å². The summed E-state index contributed by atoms with van der Waals surface area (Å²) >= 11 is 8.13. The third kappa shape index (κ3) is 3.65. The lowest BCUT2D eigenvalue weighted by Gasteiger charge is -2.49. The van der Waals surface area contributed by atoms with Crippen LogP contribution in [-0.4, -0.2) is 54.0 Å². The maximum atomic E-state index is 12.6. The number of nitrogens with zero attached hydrogens (tertiary/aromatic N) is 2. The van der Waals surface area contributed by atoms with E-state index in [2.05, 4.69) is 41.3 Å². The summed E-state index contributed by atoms with van der Waals surface area (Å²) in [7, 11) is 0. The summed E-state index contributed by atoms with van der Waals surface area (Å²) in [5.41, 5.74) is 2.60. The van der Waals surface area contributed by atoms with Gasteiger partial charge in [0.15, 0.2) is 0 Å². The summed E-state index contributed by atoms with van der Waals surface area (Å²) in [4.78, 5) is 4.96. The van der Waals surface area contributed by atoms with Gasteiger partial charge in [-0.3, -0.25) is 4.90 Å². The zero-order valence-corrected chi connectivity index (χ0v) is 16.2. The molecule has 4 rings (SSSR count). The van der Waals surface area contributed by atoms with Gasteiger partial charge in [0.25, 0.3) is 0 Å². The molecule has 2 aliphatic heterocycles. The summed E-state index contributed by atoms with van der Waals surface area (Å²) < 4.78 is -0.284. The molecule has 1 atom stereocenters. The van der Waals surface area contributed by atoms with Gasteiger partial charge in [0.1, 0.15) is 6.54 Å². The molecule has 4 nitrogen and oxygen atoms in total. The Balaban J connectivity index is 1.66. The molecular formula is C20H23ClN2O2S. The van der Waals surface area contributed by atoms with Crippen LogP contribution < -0.4 is 0 Å². The lowest BCUT2D eigenvalue weighted by molar-refractivity contribution is -0.885. The van der Waals surface area contributed by atoms with Crippen molar-refractivity contribution >= 4 is 23.4 Å². The largest absolute Gasteiger partial charge is 0.633 e. The molecular weight excluding hydrogens is 368 g/mol. The molecule has 6 heteroatoms. The van der Waals surface area contributed by atoms with Crippen LogP contribution in [0.4, 0.5) is 0 Å². The molecule has 26 heavy (non-hydrogen) atoms. The predicted molar refractivity (Wildman–Crippen MR) is 105 cm³/mol. The first kappa shape index (κ1) is 18.3. The van der Waals surface area contributed by atoms with E-state index >= 15 is 0 Å². The number of hydrogen-bond donors (Lipinski definition) is 1. The van der Waals surface area contributed by atoms with E-state index < -0.39 is 0 Å². The van der Waals surface area contributed by atoms with Crippen LogP contribution in [0.3, 0.4) is 0 Å². The number of halogens is 1. The number of rotatable bonds is 3. The van der Waals surface area contributed by atoms with Crippen molar-refractivity contribution in [2.45, 2.75) is 22.3 Å². The van der Waals surface area contributed by atoms with Crippen LogP contribution in [0.1, 0.15) is 17.2 Å². The smallest absolute Gasteiger partial charge is 0.102 e. The van der Waals surface area contributed by atoms with Crippen LogP contribution in [0.2, 0.25) is 5.02 Å². The first-order valence-corrected chi connectivity index (χ1v) is 10.2. The van der Waals surface area contributed by atoms with E-state index in [1.54, 1.807) is 11.8 Å². The molecule has 0 amide bonds. The highest BCUT2D eigenvalue weighted by Gasteiger charge is 2.33. The Labute approximate surface area is 163 Å². The van der Waals surface area contributed by atoms with Gasteiger partial charge in [0, 0.05) is 33.9 Å². The van der Waals surface area contributed by atoms with Crippen molar-refractivity contribution in [2.24, 2.45) is 0 Å². The van der Waals surface area contributed by atoms with E-state index in [9.17, 15) is 5.21 Å². The average Bonchev–Trinajstić information content (AvgIpc) is 2.79. The van der Waals surface area contributed by atoms with Crippen LogP contribution in [0.5, 0.6) is 0 Å². The first-order chi connectivity index (χ1) is 12.6. The van der Waals surface area contributed by atoms with Crippen LogP contribution in [-0.2, 0) is 6.42 Å². The quantitative estimate of drug-likeness (QED) is 0.641. The first-order valence-electron chi connectivity index (χ1n) is 9.05. The Morgan fingerprint density at radius 2 is 1.92 bits per heavy atom. The second-order valence-corrected chi connectivity index (χ2v) is 8.62. The molecule has 2 heterocycles. The number of hydrogen-bond acceptors (Lipinski definition) is 4. The fraction of sp³-hybridized carbons (Fsp3) is 0.400. The summed E-state index contributed by atoms with van der Waals surface area (Å²) in [6.07, 6.45) is 0.926. The Morgan fingerprint density at radius 3 is 2.69 bits per heavy atom. The third-order valence-electron chi connectivity index (χ3n) is 5.47. The molecule has 1 N–H and O–H groups in total. The monoisotopic (exact) mass is 390 g/mol. The van der Waals surface area contributed by atoms with Gasteiger partial charge in [-0.05, 0) is 41.8 Å². The molecule has 1 saturated heterocycles. The minimum atomic E-state index is -0.284. The highest BCUT2D eigenvalue weighted by Crippen LogP contribution is 2.43. The lowest BCUT2D eigenvalue weighted by Crippen LogP contribution is -2.57. The van der Waals surface area contributed by atoms with E-state index in [1.807, 2.05) is 6.07 Å². The Bertz CT molecular complexity index is 793. The van der Waals surface area contributed by atoms with Crippen molar-refractivity contribution < 1.29 is 9.75 Å². The number of piperazine rings is 1.